The predicted molar refractivity (Wildman–Crippen MR) is 119 cm³/mol. The van der Waals surface area contributed by atoms with Crippen LogP contribution in [0.5, 0.6) is 0 Å². The smallest absolute Gasteiger partial charge is 0.0711 e. The Morgan fingerprint density at radius 2 is 0.741 bits per heavy atom. The van der Waals surface area contributed by atoms with Crippen LogP contribution in [0, 0.1) is 0 Å². The third-order valence-corrected chi connectivity index (χ3v) is 5.16. The summed E-state index contributed by atoms with van der Waals surface area (Å²) >= 11 is 0. The van der Waals surface area contributed by atoms with Crippen LogP contribution in [0.3, 0.4) is 0 Å². The highest BCUT2D eigenvalue weighted by Gasteiger charge is 2.05. The highest BCUT2D eigenvalue weighted by Crippen LogP contribution is 2.10. The van der Waals surface area contributed by atoms with Crippen LogP contribution in [0.1, 0.15) is 136 Å². The van der Waals surface area contributed by atoms with Gasteiger partial charge in [-0.3, -0.25) is 9.68 Å². The van der Waals surface area contributed by atoms with Gasteiger partial charge < -0.3 is 0 Å². The molecule has 0 unspecified atom stereocenters. The Morgan fingerprint density at radius 3 is 1.11 bits per heavy atom. The van der Waals surface area contributed by atoms with Crippen molar-refractivity contribution in [2.45, 2.75) is 136 Å². The summed E-state index contributed by atoms with van der Waals surface area (Å²) in [7, 11) is 0. The Bertz CT molecular complexity index is 239. The van der Waals surface area contributed by atoms with Gasteiger partial charge in [0.25, 0.3) is 0 Å². The summed E-state index contributed by atoms with van der Waals surface area (Å²) in [6.45, 7) is 9.27. The molecular formula is C24H51NO2. The van der Waals surface area contributed by atoms with Gasteiger partial charge in [0.2, 0.25) is 0 Å². The molecule has 0 bridgehead atoms. The maximum Gasteiger partial charge on any atom is 0.0711 e. The monoisotopic (exact) mass is 385 g/mol. The fourth-order valence-electron chi connectivity index (χ4n) is 3.26. The summed E-state index contributed by atoms with van der Waals surface area (Å²) in [5, 5.41) is 1.77. The number of hydrogen-bond donors (Lipinski definition) is 0. The maximum atomic E-state index is 5.87. The number of nitrogens with zero attached hydrogens (tertiary/aromatic N) is 1. The normalized spacial score (nSPS) is 11.6. The molecule has 27 heavy (non-hydrogen) atoms. The van der Waals surface area contributed by atoms with Gasteiger partial charge >= 0.3 is 0 Å². The first kappa shape index (κ1) is 26.9. The first-order valence-electron chi connectivity index (χ1n) is 12.4. The SMILES string of the molecule is CCCCCCCCCCON(CCCC)OCCCCCCCCCC. The summed E-state index contributed by atoms with van der Waals surface area (Å²) in [6, 6.07) is 0. The van der Waals surface area contributed by atoms with Gasteiger partial charge in [-0.2, -0.15) is 0 Å². The molecule has 0 rings (SSSR count). The molecule has 0 spiro atoms. The third-order valence-electron chi connectivity index (χ3n) is 5.16. The van der Waals surface area contributed by atoms with Crippen molar-refractivity contribution in [2.75, 3.05) is 19.8 Å². The second kappa shape index (κ2) is 23.9. The molecule has 0 saturated heterocycles. The van der Waals surface area contributed by atoms with Gasteiger partial charge in [-0.25, -0.2) is 0 Å². The number of unbranched alkanes of at least 4 members (excludes halogenated alkanes) is 15. The second-order valence-corrected chi connectivity index (χ2v) is 8.03. The Kier molecular flexibility index (Phi) is 23.8. The van der Waals surface area contributed by atoms with Crippen molar-refractivity contribution in [3.8, 4) is 0 Å². The largest absolute Gasteiger partial charge is 0.274 e. The van der Waals surface area contributed by atoms with Crippen molar-refractivity contribution in [3.05, 3.63) is 0 Å². The molecule has 0 radical (unpaired) electrons. The molecule has 0 aliphatic rings. The minimum Gasteiger partial charge on any atom is -0.274 e. The zero-order valence-electron chi connectivity index (χ0n) is 19.1. The molecule has 0 amide bonds. The minimum absolute atomic E-state index is 0.802. The van der Waals surface area contributed by atoms with E-state index in [2.05, 4.69) is 20.8 Å². The molecule has 0 heterocycles. The van der Waals surface area contributed by atoms with Gasteiger partial charge in [0.05, 0.1) is 19.8 Å². The topological polar surface area (TPSA) is 21.7 Å². The van der Waals surface area contributed by atoms with Gasteiger partial charge in [0.15, 0.2) is 0 Å². The summed E-state index contributed by atoms with van der Waals surface area (Å²) in [4.78, 5) is 11.7. The summed E-state index contributed by atoms with van der Waals surface area (Å²) < 4.78 is 0. The quantitative estimate of drug-likeness (QED) is 0.130. The highest BCUT2D eigenvalue weighted by atomic mass is 16.9. The third kappa shape index (κ3) is 22.0. The van der Waals surface area contributed by atoms with Crippen LogP contribution in [-0.2, 0) is 9.68 Å². The summed E-state index contributed by atoms with van der Waals surface area (Å²) in [5.74, 6) is 0. The molecular weight excluding hydrogens is 334 g/mol. The molecule has 0 aromatic carbocycles. The van der Waals surface area contributed by atoms with Crippen molar-refractivity contribution in [1.29, 1.82) is 0 Å². The van der Waals surface area contributed by atoms with E-state index in [1.165, 1.54) is 96.3 Å². The highest BCUT2D eigenvalue weighted by molar-refractivity contribution is 4.47. The van der Waals surface area contributed by atoms with E-state index in [0.29, 0.717) is 0 Å². The van der Waals surface area contributed by atoms with E-state index in [4.69, 9.17) is 9.68 Å². The molecule has 0 aliphatic carbocycles. The van der Waals surface area contributed by atoms with Crippen molar-refractivity contribution >= 4 is 0 Å². The number of hydroxylamine groups is 2. The van der Waals surface area contributed by atoms with Crippen LogP contribution in [0.4, 0.5) is 0 Å². The minimum atomic E-state index is 0.802. The molecule has 0 aromatic heterocycles. The summed E-state index contributed by atoms with van der Waals surface area (Å²) in [5.41, 5.74) is 0. The molecule has 0 aliphatic heterocycles. The van der Waals surface area contributed by atoms with Gasteiger partial charge in [0, 0.05) is 0 Å². The van der Waals surface area contributed by atoms with Crippen molar-refractivity contribution in [2.24, 2.45) is 0 Å². The zero-order valence-corrected chi connectivity index (χ0v) is 19.1. The van der Waals surface area contributed by atoms with Crippen molar-refractivity contribution < 1.29 is 9.68 Å². The van der Waals surface area contributed by atoms with E-state index < -0.39 is 0 Å². The van der Waals surface area contributed by atoms with Crippen molar-refractivity contribution in [1.82, 2.24) is 5.23 Å². The Hall–Kier alpha value is -0.120. The van der Waals surface area contributed by atoms with Gasteiger partial charge in [0.1, 0.15) is 0 Å². The molecule has 0 atom stereocenters. The zero-order chi connectivity index (χ0) is 19.8. The second-order valence-electron chi connectivity index (χ2n) is 8.03. The molecule has 0 fully saturated rings. The fourth-order valence-corrected chi connectivity index (χ4v) is 3.26. The Morgan fingerprint density at radius 1 is 0.407 bits per heavy atom. The average Bonchev–Trinajstić information content (AvgIpc) is 2.68. The fraction of sp³-hybridized carbons (Fsp3) is 1.00. The molecule has 0 N–H and O–H groups in total. The molecule has 164 valence electrons. The van der Waals surface area contributed by atoms with Crippen LogP contribution < -0.4 is 0 Å². The molecule has 3 heteroatoms. The lowest BCUT2D eigenvalue weighted by molar-refractivity contribution is -0.369. The van der Waals surface area contributed by atoms with Gasteiger partial charge in [-0.05, 0) is 19.3 Å². The van der Waals surface area contributed by atoms with E-state index in [0.717, 1.165) is 39.0 Å². The van der Waals surface area contributed by atoms with Crippen molar-refractivity contribution in [3.63, 3.8) is 0 Å². The van der Waals surface area contributed by atoms with E-state index in [9.17, 15) is 0 Å². The number of rotatable bonds is 23. The first-order chi connectivity index (χ1) is 13.3. The maximum absolute atomic E-state index is 5.87. The van der Waals surface area contributed by atoms with Crippen LogP contribution in [0.25, 0.3) is 0 Å². The predicted octanol–water partition coefficient (Wildman–Crippen LogP) is 8.23. The lowest BCUT2D eigenvalue weighted by Gasteiger charge is -2.21. The first-order valence-corrected chi connectivity index (χ1v) is 12.4. The Balaban J connectivity index is 3.53. The van der Waals surface area contributed by atoms with Crippen LogP contribution in [-0.4, -0.2) is 25.0 Å². The van der Waals surface area contributed by atoms with Crippen LogP contribution in [0.15, 0.2) is 0 Å². The van der Waals surface area contributed by atoms with E-state index in [-0.39, 0.29) is 0 Å². The number of hydrogen-bond acceptors (Lipinski definition) is 3. The lowest BCUT2D eigenvalue weighted by atomic mass is 10.1. The van der Waals surface area contributed by atoms with Gasteiger partial charge in [-0.15, -0.1) is 0 Å². The van der Waals surface area contributed by atoms with Gasteiger partial charge in [-0.1, -0.05) is 122 Å². The molecule has 0 saturated carbocycles. The molecule has 3 nitrogen and oxygen atoms in total. The lowest BCUT2D eigenvalue weighted by Crippen LogP contribution is -2.26. The standard InChI is InChI=1S/C24H51NO2/c1-4-7-10-12-14-16-18-20-23-26-25(22-9-6-3)27-24-21-19-17-15-13-11-8-5-2/h4-24H2,1-3H3. The molecule has 0 aromatic rings. The van der Waals surface area contributed by atoms with Crippen LogP contribution >= 0.6 is 0 Å². The van der Waals surface area contributed by atoms with E-state index >= 15 is 0 Å². The Labute approximate surface area is 171 Å². The average molecular weight is 386 g/mol. The van der Waals surface area contributed by atoms with E-state index in [1.54, 1.807) is 5.23 Å². The van der Waals surface area contributed by atoms with E-state index in [1.807, 2.05) is 0 Å². The van der Waals surface area contributed by atoms with Crippen LogP contribution in [0.2, 0.25) is 0 Å². The summed E-state index contributed by atoms with van der Waals surface area (Å²) in [6.07, 6.45) is 23.7.